The molecule has 2 aromatic rings. The second-order valence-corrected chi connectivity index (χ2v) is 7.14. The fourth-order valence-electron chi connectivity index (χ4n) is 3.06. The normalized spacial score (nSPS) is 19.6. The van der Waals surface area contributed by atoms with Crippen molar-refractivity contribution in [3.63, 3.8) is 0 Å². The highest BCUT2D eigenvalue weighted by Crippen LogP contribution is 2.27. The molecule has 134 valence electrons. The Bertz CT molecular complexity index is 708. The Labute approximate surface area is 158 Å². The predicted octanol–water partition coefficient (Wildman–Crippen LogP) is 2.56. The fourth-order valence-corrected chi connectivity index (χ4v) is 3.91. The first kappa shape index (κ1) is 19.7. The number of halogens is 1. The average molecular weight is 379 g/mol. The number of carbonyl (C=O) groups is 1. The van der Waals surface area contributed by atoms with Crippen molar-refractivity contribution in [3.8, 4) is 0 Å². The number of hydrogen-bond donors (Lipinski definition) is 1. The lowest BCUT2D eigenvalue weighted by Crippen LogP contribution is -2.33. The van der Waals surface area contributed by atoms with Gasteiger partial charge in [0.1, 0.15) is 0 Å². The first-order chi connectivity index (χ1) is 11.5. The second-order valence-electron chi connectivity index (χ2n) is 6.20. The van der Waals surface area contributed by atoms with Crippen LogP contribution in [0.2, 0.25) is 0 Å². The van der Waals surface area contributed by atoms with Crippen LogP contribution in [0.5, 0.6) is 0 Å². The highest BCUT2D eigenvalue weighted by Gasteiger charge is 2.33. The lowest BCUT2D eigenvalue weighted by Gasteiger charge is -2.16. The molecule has 1 saturated heterocycles. The summed E-state index contributed by atoms with van der Waals surface area (Å²) in [7, 11) is 0. The molecular weight excluding hydrogens is 356 g/mol. The number of aryl methyl sites for hydroxylation is 2. The van der Waals surface area contributed by atoms with Crippen LogP contribution in [-0.2, 0) is 4.79 Å². The molecule has 0 unspecified atom stereocenters. The maximum absolute atomic E-state index is 12.5. The zero-order valence-electron chi connectivity index (χ0n) is 14.4. The second kappa shape index (κ2) is 8.65. The average Bonchev–Trinajstić information content (AvgIpc) is 2.94. The summed E-state index contributed by atoms with van der Waals surface area (Å²) in [5, 5.41) is 0.656. The molecule has 2 N–H and O–H groups in total. The van der Waals surface area contributed by atoms with Crippen LogP contribution >= 0.6 is 24.2 Å². The highest BCUT2D eigenvalue weighted by molar-refractivity contribution is 7.99. The summed E-state index contributed by atoms with van der Waals surface area (Å²) in [5.41, 5.74) is 9.30. The quantitative estimate of drug-likeness (QED) is 0.653. The Kier molecular flexibility index (Phi) is 6.81. The van der Waals surface area contributed by atoms with Gasteiger partial charge < -0.3 is 10.6 Å². The smallest absolute Gasteiger partial charge is 0.233 e. The molecule has 0 bridgehead atoms. The number of nitrogens with zero attached hydrogens (tertiary/aromatic N) is 3. The lowest BCUT2D eigenvalue weighted by molar-refractivity contribution is -0.127. The van der Waals surface area contributed by atoms with Gasteiger partial charge in [-0.25, -0.2) is 9.97 Å². The van der Waals surface area contributed by atoms with E-state index in [9.17, 15) is 4.79 Å². The van der Waals surface area contributed by atoms with Crippen molar-refractivity contribution in [1.82, 2.24) is 14.9 Å². The molecule has 0 radical (unpaired) electrons. The van der Waals surface area contributed by atoms with E-state index >= 15 is 0 Å². The minimum Gasteiger partial charge on any atom is -0.340 e. The maximum Gasteiger partial charge on any atom is 0.233 e. The number of amides is 1. The van der Waals surface area contributed by atoms with E-state index in [0.717, 1.165) is 11.4 Å². The molecule has 7 heteroatoms. The molecule has 1 amide bonds. The van der Waals surface area contributed by atoms with Gasteiger partial charge in [-0.2, -0.15) is 0 Å². The van der Waals surface area contributed by atoms with Crippen LogP contribution in [0.4, 0.5) is 0 Å². The zero-order valence-corrected chi connectivity index (χ0v) is 16.0. The van der Waals surface area contributed by atoms with E-state index in [1.165, 1.54) is 17.3 Å². The zero-order chi connectivity index (χ0) is 17.1. The molecule has 1 aliphatic rings. The predicted molar refractivity (Wildman–Crippen MR) is 103 cm³/mol. The van der Waals surface area contributed by atoms with E-state index in [1.54, 1.807) is 0 Å². The molecule has 1 aliphatic heterocycles. The van der Waals surface area contributed by atoms with Crippen LogP contribution in [0.25, 0.3) is 0 Å². The van der Waals surface area contributed by atoms with Gasteiger partial charge in [-0.15, -0.1) is 12.4 Å². The van der Waals surface area contributed by atoms with Gasteiger partial charge in [0.25, 0.3) is 0 Å². The topological polar surface area (TPSA) is 72.1 Å². The minimum absolute atomic E-state index is 0. The SMILES string of the molecule is Cc1cc(C)nc(SCC(=O)N2C[C@@H](N)[C@H](c3ccccc3)C2)n1.Cl. The minimum atomic E-state index is -0.0150. The monoisotopic (exact) mass is 378 g/mol. The van der Waals surface area contributed by atoms with E-state index in [1.807, 2.05) is 43.0 Å². The summed E-state index contributed by atoms with van der Waals surface area (Å²) >= 11 is 1.39. The van der Waals surface area contributed by atoms with Crippen LogP contribution in [0.1, 0.15) is 22.9 Å². The van der Waals surface area contributed by atoms with Crippen LogP contribution in [0.15, 0.2) is 41.6 Å². The molecule has 0 saturated carbocycles. The summed E-state index contributed by atoms with van der Waals surface area (Å²) in [6.07, 6.45) is 0. The Balaban J connectivity index is 0.00000225. The standard InChI is InChI=1S/C18H22N4OS.ClH/c1-12-8-13(2)21-18(20-12)24-11-17(23)22-9-15(16(19)10-22)14-6-4-3-5-7-14;/h3-8,15-16H,9-11,19H2,1-2H3;1H/t15-,16+;/m0./s1. The molecule has 1 aromatic carbocycles. The van der Waals surface area contributed by atoms with Gasteiger partial charge >= 0.3 is 0 Å². The van der Waals surface area contributed by atoms with Crippen LogP contribution < -0.4 is 5.73 Å². The first-order valence-corrected chi connectivity index (χ1v) is 9.05. The fraction of sp³-hybridized carbons (Fsp3) is 0.389. The third-order valence-electron chi connectivity index (χ3n) is 4.23. The maximum atomic E-state index is 12.5. The molecule has 2 atom stereocenters. The summed E-state index contributed by atoms with van der Waals surface area (Å²) < 4.78 is 0. The molecule has 0 aliphatic carbocycles. The van der Waals surface area contributed by atoms with Crippen molar-refractivity contribution < 1.29 is 4.79 Å². The van der Waals surface area contributed by atoms with Crippen molar-refractivity contribution in [1.29, 1.82) is 0 Å². The number of carbonyl (C=O) groups excluding carboxylic acids is 1. The van der Waals surface area contributed by atoms with Gasteiger partial charge in [-0.05, 0) is 25.5 Å². The number of benzene rings is 1. The van der Waals surface area contributed by atoms with E-state index < -0.39 is 0 Å². The third-order valence-corrected chi connectivity index (χ3v) is 5.06. The van der Waals surface area contributed by atoms with Gasteiger partial charge in [-0.1, -0.05) is 42.1 Å². The number of rotatable bonds is 4. The summed E-state index contributed by atoms with van der Waals surface area (Å²) in [6.45, 7) is 5.15. The number of hydrogen-bond acceptors (Lipinski definition) is 5. The number of aromatic nitrogens is 2. The van der Waals surface area contributed by atoms with E-state index in [2.05, 4.69) is 22.1 Å². The van der Waals surface area contributed by atoms with Crippen molar-refractivity contribution in [2.45, 2.75) is 31.0 Å². The Morgan fingerprint density at radius 1 is 1.20 bits per heavy atom. The molecule has 1 fully saturated rings. The van der Waals surface area contributed by atoms with Gasteiger partial charge in [0, 0.05) is 36.4 Å². The van der Waals surface area contributed by atoms with E-state index in [-0.39, 0.29) is 30.3 Å². The molecule has 3 rings (SSSR count). The highest BCUT2D eigenvalue weighted by atomic mass is 35.5. The van der Waals surface area contributed by atoms with E-state index in [4.69, 9.17) is 5.73 Å². The van der Waals surface area contributed by atoms with Crippen LogP contribution in [0, 0.1) is 13.8 Å². The number of thioether (sulfide) groups is 1. The van der Waals surface area contributed by atoms with Crippen molar-refractivity contribution in [2.24, 2.45) is 5.73 Å². The lowest BCUT2D eigenvalue weighted by atomic mass is 9.95. The van der Waals surface area contributed by atoms with Crippen LogP contribution in [0.3, 0.4) is 0 Å². The van der Waals surface area contributed by atoms with Crippen molar-refractivity contribution >= 4 is 30.1 Å². The molecule has 2 heterocycles. The van der Waals surface area contributed by atoms with Crippen LogP contribution in [-0.4, -0.2) is 45.7 Å². The Morgan fingerprint density at radius 3 is 2.48 bits per heavy atom. The molecule has 5 nitrogen and oxygen atoms in total. The largest absolute Gasteiger partial charge is 0.340 e. The number of nitrogens with two attached hydrogens (primary N) is 1. The Morgan fingerprint density at radius 2 is 1.84 bits per heavy atom. The Hall–Kier alpha value is -1.63. The molecule has 1 aromatic heterocycles. The van der Waals surface area contributed by atoms with E-state index in [0.29, 0.717) is 24.0 Å². The molecule has 0 spiro atoms. The first-order valence-electron chi connectivity index (χ1n) is 8.06. The summed E-state index contributed by atoms with van der Waals surface area (Å²) in [5.74, 6) is 0.645. The third kappa shape index (κ3) is 4.93. The van der Waals surface area contributed by atoms with Crippen molar-refractivity contribution in [2.75, 3.05) is 18.8 Å². The molecule has 25 heavy (non-hydrogen) atoms. The molecular formula is C18H23ClN4OS. The van der Waals surface area contributed by atoms with Crippen molar-refractivity contribution in [3.05, 3.63) is 53.3 Å². The number of likely N-dealkylation sites (tertiary alicyclic amines) is 1. The summed E-state index contributed by atoms with van der Waals surface area (Å²) in [4.78, 5) is 23.1. The van der Waals surface area contributed by atoms with Gasteiger partial charge in [0.15, 0.2) is 5.16 Å². The van der Waals surface area contributed by atoms with Gasteiger partial charge in [0.05, 0.1) is 5.75 Å². The van der Waals surface area contributed by atoms with Gasteiger partial charge in [-0.3, -0.25) is 4.79 Å². The van der Waals surface area contributed by atoms with Gasteiger partial charge in [0.2, 0.25) is 5.91 Å². The summed E-state index contributed by atoms with van der Waals surface area (Å²) in [6, 6.07) is 12.1.